The first kappa shape index (κ1) is 13.2. The number of methoxy groups -OCH3 is 1. The van der Waals surface area contributed by atoms with Crippen molar-refractivity contribution in [2.45, 2.75) is 38.9 Å². The van der Waals surface area contributed by atoms with E-state index in [9.17, 15) is 5.11 Å². The molecule has 0 saturated carbocycles. The lowest BCUT2D eigenvalue weighted by molar-refractivity contribution is -0.0705. The molecule has 5 heteroatoms. The summed E-state index contributed by atoms with van der Waals surface area (Å²) < 4.78 is 15.8. The van der Waals surface area contributed by atoms with Crippen molar-refractivity contribution in [3.05, 3.63) is 18.2 Å². The van der Waals surface area contributed by atoms with Crippen molar-refractivity contribution in [1.29, 1.82) is 0 Å². The smallest absolute Gasteiger partial charge is 0.505 e. The van der Waals surface area contributed by atoms with Crippen LogP contribution in [0.5, 0.6) is 11.5 Å². The highest BCUT2D eigenvalue weighted by atomic mass is 16.7. The van der Waals surface area contributed by atoms with Crippen LogP contribution in [0.1, 0.15) is 27.7 Å². The summed E-state index contributed by atoms with van der Waals surface area (Å²) in [6.07, 6.45) is 0. The molecule has 4 nitrogen and oxygen atoms in total. The average molecular weight is 251 g/mol. The Morgan fingerprint density at radius 2 is 1.94 bits per heavy atom. The molecule has 1 aromatic carbocycles. The molecule has 2 rings (SSSR count). The lowest BCUT2D eigenvalue weighted by Crippen LogP contribution is -2.43. The summed E-state index contributed by atoms with van der Waals surface area (Å²) in [7, 11) is 1.21. The molecule has 0 atom stereocenters. The standard InChI is InChI=1S/C13H19BO4/c1-12(2)13(3,4)18-14(17-12)9-6-7-10(15)11(8-9)16-5/h6-8,15H,1-5H3/p+1. The zero-order chi connectivity index (χ0) is 13.6. The number of hydrogen-bond donors (Lipinski definition) is 1. The molecule has 1 aliphatic heterocycles. The van der Waals surface area contributed by atoms with Crippen molar-refractivity contribution in [3.63, 3.8) is 0 Å². The molecule has 18 heavy (non-hydrogen) atoms. The Kier molecular flexibility index (Phi) is 3.07. The summed E-state index contributed by atoms with van der Waals surface area (Å²) in [6.45, 7) is 8.19. The third kappa shape index (κ3) is 2.08. The van der Waals surface area contributed by atoms with Crippen molar-refractivity contribution in [3.8, 4) is 11.5 Å². The van der Waals surface area contributed by atoms with Gasteiger partial charge in [-0.25, -0.2) is 0 Å². The largest absolute Gasteiger partial charge is 0.732 e. The third-order valence-corrected chi connectivity index (χ3v) is 3.81. The van der Waals surface area contributed by atoms with Gasteiger partial charge in [0.1, 0.15) is 5.60 Å². The second-order valence-corrected chi connectivity index (χ2v) is 5.60. The summed E-state index contributed by atoms with van der Waals surface area (Å²) >= 11 is 0. The second kappa shape index (κ2) is 4.18. The molecule has 1 aliphatic rings. The molecule has 0 aliphatic carbocycles. The summed E-state index contributed by atoms with van der Waals surface area (Å²) in [5, 5.41) is 9.59. The Hall–Kier alpha value is -1.20. The fourth-order valence-corrected chi connectivity index (χ4v) is 1.89. The van der Waals surface area contributed by atoms with Gasteiger partial charge >= 0.3 is 7.12 Å². The first-order valence-electron chi connectivity index (χ1n) is 6.03. The number of phenolic OH excluding ortho intramolecular Hbond substituents is 1. The van der Waals surface area contributed by atoms with Gasteiger partial charge in [-0.1, -0.05) is 6.07 Å². The maximum Gasteiger partial charge on any atom is 0.732 e. The molecule has 0 radical (unpaired) electrons. The predicted octanol–water partition coefficient (Wildman–Crippen LogP) is 1.21. The average Bonchev–Trinajstić information content (AvgIpc) is 2.49. The van der Waals surface area contributed by atoms with Gasteiger partial charge in [0.25, 0.3) is 0 Å². The zero-order valence-corrected chi connectivity index (χ0v) is 11.5. The molecule has 1 saturated heterocycles. The van der Waals surface area contributed by atoms with E-state index in [0.717, 1.165) is 5.46 Å². The third-order valence-electron chi connectivity index (χ3n) is 3.81. The molecular formula is C13H20BO4+. The molecule has 1 heterocycles. The van der Waals surface area contributed by atoms with Crippen molar-refractivity contribution in [1.82, 2.24) is 0 Å². The van der Waals surface area contributed by atoms with Crippen LogP contribution in [0.4, 0.5) is 0 Å². The van der Waals surface area contributed by atoms with Gasteiger partial charge in [-0.15, -0.1) is 0 Å². The Labute approximate surface area is 108 Å². The summed E-state index contributed by atoms with van der Waals surface area (Å²) in [4.78, 5) is 0. The van der Waals surface area contributed by atoms with Gasteiger partial charge in [-0.3, -0.25) is 0 Å². The van der Waals surface area contributed by atoms with E-state index in [1.165, 1.54) is 7.11 Å². The molecule has 0 amide bonds. The quantitative estimate of drug-likeness (QED) is 0.635. The summed E-state index contributed by atoms with van der Waals surface area (Å²) in [5.41, 5.74) is 0.328. The lowest BCUT2D eigenvalue weighted by atomic mass is 9.79. The Morgan fingerprint density at radius 1 is 1.28 bits per heavy atom. The minimum Gasteiger partial charge on any atom is -0.505 e. The SMILES string of the molecule is COc1cc(B2OC(C)(C)C(C)(C)[OH+]2)ccc1O. The van der Waals surface area contributed by atoms with E-state index >= 15 is 0 Å². The maximum absolute atomic E-state index is 9.59. The first-order valence-corrected chi connectivity index (χ1v) is 6.03. The van der Waals surface area contributed by atoms with E-state index in [2.05, 4.69) is 18.5 Å². The van der Waals surface area contributed by atoms with Gasteiger partial charge in [-0.05, 0) is 26.0 Å². The minimum absolute atomic E-state index is 0.123. The molecule has 0 unspecified atom stereocenters. The number of ether oxygens (including phenoxy) is 1. The molecule has 2 N–H and O–H groups in total. The molecule has 0 spiro atoms. The fourth-order valence-electron chi connectivity index (χ4n) is 1.89. The van der Waals surface area contributed by atoms with Gasteiger partial charge in [0.2, 0.25) is 0 Å². The zero-order valence-electron chi connectivity index (χ0n) is 11.5. The highest BCUT2D eigenvalue weighted by Crippen LogP contribution is 2.35. The molecule has 1 aromatic rings. The van der Waals surface area contributed by atoms with Crippen LogP contribution < -0.4 is 10.2 Å². The number of benzene rings is 1. The number of rotatable bonds is 2. The summed E-state index contributed by atoms with van der Waals surface area (Å²) in [5.74, 6) is 0.562. The van der Waals surface area contributed by atoms with Crippen LogP contribution in [-0.4, -0.2) is 35.2 Å². The van der Waals surface area contributed by atoms with E-state index in [4.69, 9.17) is 9.39 Å². The van der Waals surface area contributed by atoms with Crippen LogP contribution in [0, 0.1) is 0 Å². The van der Waals surface area contributed by atoms with Gasteiger partial charge in [0, 0.05) is 13.8 Å². The van der Waals surface area contributed by atoms with Crippen molar-refractivity contribution >= 4 is 12.6 Å². The highest BCUT2D eigenvalue weighted by molar-refractivity contribution is 6.61. The van der Waals surface area contributed by atoms with E-state index in [0.29, 0.717) is 5.75 Å². The molecule has 0 bridgehead atoms. The van der Waals surface area contributed by atoms with Gasteiger partial charge < -0.3 is 19.2 Å². The van der Waals surface area contributed by atoms with Gasteiger partial charge in [0.15, 0.2) is 17.1 Å². The first-order chi connectivity index (χ1) is 8.27. The fraction of sp³-hybridized carbons (Fsp3) is 0.538. The number of aliphatic hydroxyl groups is 1. The molecule has 0 aromatic heterocycles. The van der Waals surface area contributed by atoms with Crippen LogP contribution in [0.15, 0.2) is 18.2 Å². The Bertz CT molecular complexity index is 440. The van der Waals surface area contributed by atoms with Crippen LogP contribution in [0.2, 0.25) is 0 Å². The van der Waals surface area contributed by atoms with Crippen molar-refractivity contribution in [2.75, 3.05) is 7.11 Å². The van der Waals surface area contributed by atoms with Crippen LogP contribution in [0.3, 0.4) is 0 Å². The number of hydrogen-bond acceptors (Lipinski definition) is 3. The topological polar surface area (TPSA) is 51.5 Å². The van der Waals surface area contributed by atoms with E-state index in [-0.39, 0.29) is 24.1 Å². The molecule has 1 fully saturated rings. The lowest BCUT2D eigenvalue weighted by Gasteiger charge is -2.28. The number of phenols is 1. The van der Waals surface area contributed by atoms with E-state index < -0.39 is 0 Å². The van der Waals surface area contributed by atoms with Gasteiger partial charge in [-0.2, -0.15) is 0 Å². The van der Waals surface area contributed by atoms with Crippen molar-refractivity contribution < 1.29 is 19.2 Å². The summed E-state index contributed by atoms with van der Waals surface area (Å²) in [6, 6.07) is 5.18. The van der Waals surface area contributed by atoms with E-state index in [1.54, 1.807) is 12.1 Å². The Morgan fingerprint density at radius 3 is 2.44 bits per heavy atom. The highest BCUT2D eigenvalue weighted by Gasteiger charge is 2.59. The molecular weight excluding hydrogens is 231 g/mol. The van der Waals surface area contributed by atoms with Crippen LogP contribution in [0.25, 0.3) is 0 Å². The second-order valence-electron chi connectivity index (χ2n) is 5.60. The van der Waals surface area contributed by atoms with E-state index in [1.807, 2.05) is 19.9 Å². The predicted molar refractivity (Wildman–Crippen MR) is 71.5 cm³/mol. The normalized spacial score (nSPS) is 21.1. The molecule has 98 valence electrons. The minimum atomic E-state index is -0.317. The van der Waals surface area contributed by atoms with Crippen molar-refractivity contribution in [2.24, 2.45) is 0 Å². The number of aromatic hydroxyl groups is 1. The van der Waals surface area contributed by atoms with Crippen LogP contribution >= 0.6 is 0 Å². The Balaban J connectivity index is 2.30. The monoisotopic (exact) mass is 251 g/mol. The maximum atomic E-state index is 9.59. The van der Waals surface area contributed by atoms with Gasteiger partial charge in [0.05, 0.1) is 12.6 Å². The van der Waals surface area contributed by atoms with Crippen LogP contribution in [-0.2, 0) is 4.65 Å².